The second-order valence-corrected chi connectivity index (χ2v) is 7.06. The van der Waals surface area contributed by atoms with Gasteiger partial charge in [-0.1, -0.05) is 17.7 Å². The van der Waals surface area contributed by atoms with Gasteiger partial charge in [0.05, 0.1) is 22.0 Å². The first kappa shape index (κ1) is 24.3. The first-order valence-electron chi connectivity index (χ1n) is 9.44. The summed E-state index contributed by atoms with van der Waals surface area (Å²) >= 11 is 5.89. The van der Waals surface area contributed by atoms with E-state index in [1.807, 2.05) is 0 Å². The second-order valence-electron chi connectivity index (χ2n) is 6.65. The van der Waals surface area contributed by atoms with Crippen LogP contribution in [0.3, 0.4) is 0 Å². The Labute approximate surface area is 189 Å². The number of nitrogens with zero attached hydrogens (tertiary/aromatic N) is 3. The van der Waals surface area contributed by atoms with Gasteiger partial charge in [0.1, 0.15) is 18.2 Å². The number of rotatable bonds is 7. The number of ether oxygens (including phenoxy) is 1. The summed E-state index contributed by atoms with van der Waals surface area (Å²) in [7, 11) is 0. The third kappa shape index (κ3) is 5.34. The number of aliphatic hydroxyl groups excluding tert-OH is 1. The number of carbonyl (C=O) groups excluding carboxylic acids is 1. The van der Waals surface area contributed by atoms with Crippen LogP contribution in [0.2, 0.25) is 5.02 Å². The van der Waals surface area contributed by atoms with Crippen molar-refractivity contribution in [2.45, 2.75) is 26.3 Å². The smallest absolute Gasteiger partial charge is 0.422 e. The van der Waals surface area contributed by atoms with Gasteiger partial charge in [-0.2, -0.15) is 17.9 Å². The number of aromatic nitrogens is 3. The molecule has 8 nitrogen and oxygen atoms in total. The second kappa shape index (κ2) is 9.63. The minimum atomic E-state index is -4.72. The number of nitrogens with one attached hydrogen (secondary N) is 1. The van der Waals surface area contributed by atoms with Crippen molar-refractivity contribution in [1.29, 1.82) is 0 Å². The van der Waals surface area contributed by atoms with E-state index in [1.54, 1.807) is 6.92 Å². The maximum absolute atomic E-state index is 14.0. The van der Waals surface area contributed by atoms with Crippen molar-refractivity contribution >= 4 is 23.2 Å². The van der Waals surface area contributed by atoms with Crippen LogP contribution >= 0.6 is 11.6 Å². The van der Waals surface area contributed by atoms with Gasteiger partial charge in [-0.3, -0.25) is 9.36 Å². The largest absolute Gasteiger partial charge is 0.483 e. The zero-order chi connectivity index (χ0) is 24.3. The highest BCUT2D eigenvalue weighted by Gasteiger charge is 2.30. The minimum absolute atomic E-state index is 0.0143. The first-order valence-corrected chi connectivity index (χ1v) is 9.82. The van der Waals surface area contributed by atoms with E-state index < -0.39 is 42.6 Å². The monoisotopic (exact) mass is 488 g/mol. The minimum Gasteiger partial charge on any atom is -0.483 e. The molecule has 0 spiro atoms. The van der Waals surface area contributed by atoms with Gasteiger partial charge in [0.2, 0.25) is 0 Å². The van der Waals surface area contributed by atoms with Gasteiger partial charge in [-0.15, -0.1) is 5.10 Å². The molecular weight excluding hydrogens is 472 g/mol. The maximum atomic E-state index is 14.0. The van der Waals surface area contributed by atoms with Crippen LogP contribution in [0, 0.1) is 5.82 Å². The van der Waals surface area contributed by atoms with Crippen molar-refractivity contribution in [3.8, 4) is 11.4 Å². The van der Waals surface area contributed by atoms with Gasteiger partial charge in [0.25, 0.3) is 5.91 Å². The number of amides is 1. The number of halogens is 5. The van der Waals surface area contributed by atoms with Gasteiger partial charge < -0.3 is 15.2 Å². The molecule has 1 amide bonds. The van der Waals surface area contributed by atoms with Crippen molar-refractivity contribution in [3.05, 3.63) is 69.1 Å². The number of hydrogen-bond donors (Lipinski definition) is 2. The molecule has 3 rings (SSSR count). The zero-order valence-corrected chi connectivity index (χ0v) is 17.7. The van der Waals surface area contributed by atoms with Crippen LogP contribution in [0.5, 0.6) is 5.75 Å². The van der Waals surface area contributed by atoms with Gasteiger partial charge in [0, 0.05) is 12.6 Å². The van der Waals surface area contributed by atoms with Crippen LogP contribution in [-0.2, 0) is 13.2 Å². The summed E-state index contributed by atoms with van der Waals surface area (Å²) < 4.78 is 59.1. The number of benzene rings is 2. The molecule has 0 radical (unpaired) electrons. The summed E-state index contributed by atoms with van der Waals surface area (Å²) in [4.78, 5) is 25.2. The van der Waals surface area contributed by atoms with Crippen LogP contribution < -0.4 is 15.7 Å². The number of anilines is 1. The van der Waals surface area contributed by atoms with E-state index in [9.17, 15) is 32.3 Å². The van der Waals surface area contributed by atoms with Gasteiger partial charge in [0.15, 0.2) is 12.4 Å². The Bertz CT molecular complexity index is 1220. The lowest BCUT2D eigenvalue weighted by Gasteiger charge is -2.15. The van der Waals surface area contributed by atoms with E-state index in [0.717, 1.165) is 27.4 Å². The topological polar surface area (TPSA) is 98.4 Å². The molecule has 1 aromatic heterocycles. The highest BCUT2D eigenvalue weighted by atomic mass is 35.5. The van der Waals surface area contributed by atoms with E-state index in [4.69, 9.17) is 16.3 Å². The molecule has 0 atom stereocenters. The van der Waals surface area contributed by atoms with E-state index in [2.05, 4.69) is 10.4 Å². The van der Waals surface area contributed by atoms with Crippen LogP contribution in [0.15, 0.2) is 41.2 Å². The van der Waals surface area contributed by atoms with Crippen molar-refractivity contribution in [3.63, 3.8) is 0 Å². The Morgan fingerprint density at radius 1 is 1.27 bits per heavy atom. The van der Waals surface area contributed by atoms with Crippen molar-refractivity contribution in [2.24, 2.45) is 0 Å². The number of alkyl halides is 3. The predicted molar refractivity (Wildman–Crippen MR) is 110 cm³/mol. The molecule has 0 bridgehead atoms. The molecule has 0 aliphatic carbocycles. The summed E-state index contributed by atoms with van der Waals surface area (Å²) in [5.41, 5.74) is -1.40. The Kier molecular flexibility index (Phi) is 7.08. The molecule has 13 heteroatoms. The van der Waals surface area contributed by atoms with Crippen molar-refractivity contribution in [2.75, 3.05) is 11.9 Å². The highest BCUT2D eigenvalue weighted by Crippen LogP contribution is 2.29. The van der Waals surface area contributed by atoms with E-state index in [0.29, 0.717) is 0 Å². The lowest BCUT2D eigenvalue weighted by molar-refractivity contribution is -0.153. The summed E-state index contributed by atoms with van der Waals surface area (Å²) in [5, 5.41) is 15.4. The van der Waals surface area contributed by atoms with Gasteiger partial charge in [-0.05, 0) is 31.2 Å². The molecule has 0 unspecified atom stereocenters. The normalized spacial score (nSPS) is 11.5. The Morgan fingerprint density at radius 2 is 2.00 bits per heavy atom. The zero-order valence-electron chi connectivity index (χ0n) is 17.0. The number of hydrogen-bond acceptors (Lipinski definition) is 5. The fraction of sp³-hybridized carbons (Fsp3) is 0.250. The number of carbonyl (C=O) groups is 1. The summed E-state index contributed by atoms with van der Waals surface area (Å²) in [5.74, 6) is -2.33. The summed E-state index contributed by atoms with van der Waals surface area (Å²) in [6.45, 7) is -0.434. The van der Waals surface area contributed by atoms with Crippen LogP contribution in [0.1, 0.15) is 23.1 Å². The maximum Gasteiger partial charge on any atom is 0.422 e. The van der Waals surface area contributed by atoms with Crippen molar-refractivity contribution in [1.82, 2.24) is 14.3 Å². The van der Waals surface area contributed by atoms with Gasteiger partial charge in [-0.25, -0.2) is 9.18 Å². The first-order chi connectivity index (χ1) is 15.6. The number of para-hydroxylation sites is 1. The molecule has 1 heterocycles. The Balaban J connectivity index is 2.05. The Hall–Kier alpha value is -3.38. The molecule has 0 aliphatic rings. The molecule has 33 heavy (non-hydrogen) atoms. The summed E-state index contributed by atoms with van der Waals surface area (Å²) in [6, 6.07) is 7.03. The molecule has 0 aliphatic heterocycles. The standard InChI is InChI=1S/C20H17ClF4N4O4/c1-2-28-16(9-30)27-29(19(28)32)11-6-7-12(15(8-11)33-10-20(23,24)25)18(31)26-17-13(21)4-3-5-14(17)22/h3-8,30H,2,9-10H2,1H3,(H,26,31). The average molecular weight is 489 g/mol. The molecule has 176 valence electrons. The molecular formula is C20H17ClF4N4O4. The molecule has 2 N–H and O–H groups in total. The molecule has 3 aromatic rings. The molecule has 0 saturated carbocycles. The molecule has 2 aromatic carbocycles. The highest BCUT2D eigenvalue weighted by molar-refractivity contribution is 6.34. The fourth-order valence-electron chi connectivity index (χ4n) is 2.95. The molecule has 0 fully saturated rings. The lowest BCUT2D eigenvalue weighted by Crippen LogP contribution is -2.25. The quantitative estimate of drug-likeness (QED) is 0.496. The van der Waals surface area contributed by atoms with Crippen LogP contribution in [-0.4, -0.2) is 38.1 Å². The van der Waals surface area contributed by atoms with E-state index in [-0.39, 0.29) is 34.3 Å². The van der Waals surface area contributed by atoms with Crippen LogP contribution in [0.4, 0.5) is 23.2 Å². The van der Waals surface area contributed by atoms with Crippen molar-refractivity contribution < 1.29 is 32.2 Å². The molecule has 0 saturated heterocycles. The van der Waals surface area contributed by atoms with Crippen LogP contribution in [0.25, 0.3) is 5.69 Å². The fourth-order valence-corrected chi connectivity index (χ4v) is 3.16. The predicted octanol–water partition coefficient (Wildman–Crippen LogP) is 3.53. The average Bonchev–Trinajstić information content (AvgIpc) is 3.09. The third-order valence-corrected chi connectivity index (χ3v) is 4.76. The van der Waals surface area contributed by atoms with Gasteiger partial charge >= 0.3 is 11.9 Å². The SMILES string of the molecule is CCn1c(CO)nn(-c2ccc(C(=O)Nc3c(F)cccc3Cl)c(OCC(F)(F)F)c2)c1=O. The van der Waals surface area contributed by atoms with E-state index in [1.165, 1.54) is 18.2 Å². The van der Waals surface area contributed by atoms with E-state index >= 15 is 0 Å². The third-order valence-electron chi connectivity index (χ3n) is 4.44. The number of aliphatic hydroxyl groups is 1. The summed E-state index contributed by atoms with van der Waals surface area (Å²) in [6.07, 6.45) is -4.72. The Morgan fingerprint density at radius 3 is 2.58 bits per heavy atom. The lowest BCUT2D eigenvalue weighted by atomic mass is 10.1.